The molecule has 8 nitrogen and oxygen atoms in total. The molecule has 0 spiro atoms. The van der Waals surface area contributed by atoms with E-state index in [0.29, 0.717) is 29.3 Å². The summed E-state index contributed by atoms with van der Waals surface area (Å²) in [5, 5.41) is 13.6. The first-order valence-electron chi connectivity index (χ1n) is 10.4. The molecule has 32 heavy (non-hydrogen) atoms. The predicted octanol–water partition coefficient (Wildman–Crippen LogP) is 4.23. The number of carbonyl (C=O) groups is 3. The van der Waals surface area contributed by atoms with E-state index in [0.717, 1.165) is 16.4 Å². The van der Waals surface area contributed by atoms with Crippen molar-refractivity contribution in [3.05, 3.63) is 74.8 Å². The van der Waals surface area contributed by atoms with Crippen LogP contribution in [0.15, 0.2) is 48.5 Å². The third-order valence-electron chi connectivity index (χ3n) is 6.21. The number of imide groups is 1. The number of fused-ring (bicyclic) bond motifs is 1. The summed E-state index contributed by atoms with van der Waals surface area (Å²) in [6, 6.07) is 11.9. The van der Waals surface area contributed by atoms with E-state index in [1.54, 1.807) is 12.1 Å². The Labute approximate surface area is 189 Å². The van der Waals surface area contributed by atoms with Crippen LogP contribution >= 0.6 is 11.6 Å². The SMILES string of the molecule is C[C@@H]1CC[C@H]2C(=O)N(N(Cc3ccc([N+](=O)[O-])cc3)C(=O)c3ccc(Cl)cc3)C(=O)[C@H]2C1. The Hall–Kier alpha value is -3.26. The standard InChI is InChI=1S/C23H22ClN3O5/c1-14-2-11-19-20(12-14)23(30)26(22(19)29)25(21(28)16-5-7-17(24)8-6-16)13-15-3-9-18(10-4-15)27(31)32/h3-10,14,19-20H,2,11-13H2,1H3/t14-,19-,20+/m1/s1. The molecule has 1 heterocycles. The first-order valence-corrected chi connectivity index (χ1v) is 10.8. The number of benzene rings is 2. The summed E-state index contributed by atoms with van der Waals surface area (Å²) < 4.78 is 0. The Balaban J connectivity index is 1.69. The van der Waals surface area contributed by atoms with Crippen molar-refractivity contribution in [2.75, 3.05) is 0 Å². The Bertz CT molecular complexity index is 1070. The van der Waals surface area contributed by atoms with Crippen molar-refractivity contribution in [2.24, 2.45) is 17.8 Å². The van der Waals surface area contributed by atoms with Gasteiger partial charge in [-0.3, -0.25) is 24.5 Å². The number of hydrazine groups is 1. The monoisotopic (exact) mass is 455 g/mol. The van der Waals surface area contributed by atoms with Crippen molar-refractivity contribution >= 4 is 35.0 Å². The second kappa shape index (κ2) is 8.70. The lowest BCUT2D eigenvalue weighted by Crippen LogP contribution is -2.49. The second-order valence-corrected chi connectivity index (χ2v) is 8.85. The first-order chi connectivity index (χ1) is 15.3. The molecule has 3 amide bonds. The molecule has 1 aliphatic carbocycles. The zero-order valence-electron chi connectivity index (χ0n) is 17.4. The number of halogens is 1. The normalized spacial score (nSPS) is 22.6. The number of nitro benzene ring substituents is 1. The van der Waals surface area contributed by atoms with Crippen LogP contribution in [0.1, 0.15) is 42.1 Å². The number of hydrogen-bond donors (Lipinski definition) is 0. The molecule has 2 aromatic carbocycles. The van der Waals surface area contributed by atoms with Gasteiger partial charge in [-0.15, -0.1) is 0 Å². The highest BCUT2D eigenvalue weighted by atomic mass is 35.5. The zero-order valence-corrected chi connectivity index (χ0v) is 18.2. The van der Waals surface area contributed by atoms with Gasteiger partial charge in [-0.05, 0) is 55.0 Å². The van der Waals surface area contributed by atoms with E-state index >= 15 is 0 Å². The lowest BCUT2D eigenvalue weighted by atomic mass is 9.76. The van der Waals surface area contributed by atoms with Crippen molar-refractivity contribution < 1.29 is 19.3 Å². The van der Waals surface area contributed by atoms with Gasteiger partial charge in [0.05, 0.1) is 23.3 Å². The maximum Gasteiger partial charge on any atom is 0.273 e. The summed E-state index contributed by atoms with van der Waals surface area (Å²) in [7, 11) is 0. The number of carbonyl (C=O) groups excluding carboxylic acids is 3. The van der Waals surface area contributed by atoms with Gasteiger partial charge in [0.15, 0.2) is 0 Å². The lowest BCUT2D eigenvalue weighted by molar-refractivity contribution is -0.384. The molecule has 0 aromatic heterocycles. The van der Waals surface area contributed by atoms with E-state index in [4.69, 9.17) is 11.6 Å². The van der Waals surface area contributed by atoms with Gasteiger partial charge < -0.3 is 0 Å². The molecule has 1 saturated carbocycles. The van der Waals surface area contributed by atoms with Gasteiger partial charge in [0.25, 0.3) is 23.4 Å². The minimum absolute atomic E-state index is 0.0775. The van der Waals surface area contributed by atoms with Crippen molar-refractivity contribution in [1.29, 1.82) is 0 Å². The fourth-order valence-electron chi connectivity index (χ4n) is 4.48. The van der Waals surface area contributed by atoms with Crippen LogP contribution in [0.3, 0.4) is 0 Å². The maximum absolute atomic E-state index is 13.4. The third kappa shape index (κ3) is 4.10. The second-order valence-electron chi connectivity index (χ2n) is 8.41. The van der Waals surface area contributed by atoms with Crippen LogP contribution in [0.5, 0.6) is 0 Å². The number of amides is 3. The van der Waals surface area contributed by atoms with Crippen molar-refractivity contribution in [1.82, 2.24) is 10.0 Å². The molecule has 1 aliphatic heterocycles. The number of rotatable bonds is 5. The van der Waals surface area contributed by atoms with Gasteiger partial charge >= 0.3 is 0 Å². The molecule has 3 atom stereocenters. The van der Waals surface area contributed by atoms with Crippen LogP contribution in [-0.2, 0) is 16.1 Å². The highest BCUT2D eigenvalue weighted by Crippen LogP contribution is 2.41. The molecule has 9 heteroatoms. The molecule has 0 N–H and O–H groups in total. The molecule has 0 radical (unpaired) electrons. The van der Waals surface area contributed by atoms with E-state index < -0.39 is 22.7 Å². The molecular weight excluding hydrogens is 434 g/mol. The molecule has 2 aromatic rings. The highest BCUT2D eigenvalue weighted by molar-refractivity contribution is 6.30. The van der Waals surface area contributed by atoms with E-state index in [9.17, 15) is 24.5 Å². The van der Waals surface area contributed by atoms with Crippen LogP contribution in [0, 0.1) is 27.9 Å². The van der Waals surface area contributed by atoms with Gasteiger partial charge in [0, 0.05) is 22.7 Å². The van der Waals surface area contributed by atoms with Gasteiger partial charge in [0.1, 0.15) is 0 Å². The van der Waals surface area contributed by atoms with Crippen LogP contribution in [0.2, 0.25) is 5.02 Å². The number of nitro groups is 1. The first kappa shape index (κ1) is 22.0. The van der Waals surface area contributed by atoms with E-state index in [1.165, 1.54) is 36.4 Å². The molecule has 2 aliphatic rings. The predicted molar refractivity (Wildman–Crippen MR) is 116 cm³/mol. The van der Waals surface area contributed by atoms with E-state index in [2.05, 4.69) is 6.92 Å². The summed E-state index contributed by atoms with van der Waals surface area (Å²) in [5.41, 5.74) is 0.750. The summed E-state index contributed by atoms with van der Waals surface area (Å²) in [6.07, 6.45) is 2.10. The number of nitrogens with zero attached hydrogens (tertiary/aromatic N) is 3. The average Bonchev–Trinajstić information content (AvgIpc) is 3.02. The molecule has 1 saturated heterocycles. The minimum Gasteiger partial charge on any atom is -0.272 e. The van der Waals surface area contributed by atoms with Crippen molar-refractivity contribution in [3.63, 3.8) is 0 Å². The minimum atomic E-state index is -0.520. The van der Waals surface area contributed by atoms with E-state index in [1.807, 2.05) is 0 Å². The smallest absolute Gasteiger partial charge is 0.272 e. The largest absolute Gasteiger partial charge is 0.273 e. The fraction of sp³-hybridized carbons (Fsp3) is 0.348. The van der Waals surface area contributed by atoms with Crippen molar-refractivity contribution in [3.8, 4) is 0 Å². The van der Waals surface area contributed by atoms with Gasteiger partial charge in [-0.25, -0.2) is 5.01 Å². The molecule has 4 rings (SSSR count). The summed E-state index contributed by atoms with van der Waals surface area (Å²) in [5.74, 6) is -1.76. The summed E-state index contributed by atoms with van der Waals surface area (Å²) >= 11 is 5.94. The van der Waals surface area contributed by atoms with Crippen LogP contribution in [-0.4, -0.2) is 32.7 Å². The summed E-state index contributed by atoms with van der Waals surface area (Å²) in [6.45, 7) is 1.98. The average molecular weight is 456 g/mol. The quantitative estimate of drug-likeness (QED) is 0.381. The fourth-order valence-corrected chi connectivity index (χ4v) is 4.61. The topological polar surface area (TPSA) is 101 Å². The van der Waals surface area contributed by atoms with Crippen LogP contribution in [0.4, 0.5) is 5.69 Å². The van der Waals surface area contributed by atoms with E-state index in [-0.39, 0.29) is 29.6 Å². The van der Waals surface area contributed by atoms with Gasteiger partial charge in [-0.1, -0.05) is 30.7 Å². The highest BCUT2D eigenvalue weighted by Gasteiger charge is 2.52. The maximum atomic E-state index is 13.4. The van der Waals surface area contributed by atoms with Gasteiger partial charge in [-0.2, -0.15) is 5.01 Å². The molecule has 166 valence electrons. The molecule has 0 unspecified atom stereocenters. The summed E-state index contributed by atoms with van der Waals surface area (Å²) in [4.78, 5) is 50.3. The van der Waals surface area contributed by atoms with Gasteiger partial charge in [0.2, 0.25) is 0 Å². The molecule has 2 fully saturated rings. The molecular formula is C23H22ClN3O5. The zero-order chi connectivity index (χ0) is 23.0. The lowest BCUT2D eigenvalue weighted by Gasteiger charge is -2.30. The number of hydrogen-bond acceptors (Lipinski definition) is 5. The van der Waals surface area contributed by atoms with Crippen LogP contribution < -0.4 is 0 Å². The van der Waals surface area contributed by atoms with Crippen LogP contribution in [0.25, 0.3) is 0 Å². The number of non-ortho nitro benzene ring substituents is 1. The van der Waals surface area contributed by atoms with Crippen molar-refractivity contribution in [2.45, 2.75) is 32.7 Å². The Kier molecular flexibility index (Phi) is 5.97. The Morgan fingerprint density at radius 1 is 1.06 bits per heavy atom. The molecule has 0 bridgehead atoms. The third-order valence-corrected chi connectivity index (χ3v) is 6.46. The Morgan fingerprint density at radius 3 is 2.31 bits per heavy atom. The Morgan fingerprint density at radius 2 is 1.69 bits per heavy atom.